The van der Waals surface area contributed by atoms with E-state index >= 15 is 0 Å². The molecule has 0 amide bonds. The summed E-state index contributed by atoms with van der Waals surface area (Å²) in [5.41, 5.74) is 3.12. The van der Waals surface area contributed by atoms with Crippen LogP contribution >= 0.6 is 0 Å². The first kappa shape index (κ1) is 15.3. The number of rotatable bonds is 2. The standard InChI is InChI=1S/C16H13F3N2O2/c17-16(18,19)10-3-1-4-11(9-10)20-21-13-5-2-6-14-12(13)7-8-15(22)23-14/h1,3-4,7-9,20H,2,5-6H2/b21-13-. The van der Waals surface area contributed by atoms with Gasteiger partial charge in [-0.2, -0.15) is 18.3 Å². The number of fused-ring (bicyclic) bond motifs is 1. The number of nitrogens with zero attached hydrogens (tertiary/aromatic N) is 1. The lowest BCUT2D eigenvalue weighted by Crippen LogP contribution is -2.16. The quantitative estimate of drug-likeness (QED) is 0.855. The van der Waals surface area contributed by atoms with Crippen LogP contribution in [0.5, 0.6) is 0 Å². The van der Waals surface area contributed by atoms with Crippen molar-refractivity contribution in [2.75, 3.05) is 5.43 Å². The highest BCUT2D eigenvalue weighted by Crippen LogP contribution is 2.30. The van der Waals surface area contributed by atoms with E-state index in [1.165, 1.54) is 18.2 Å². The Morgan fingerprint density at radius 2 is 1.96 bits per heavy atom. The zero-order valence-electron chi connectivity index (χ0n) is 12.0. The zero-order valence-corrected chi connectivity index (χ0v) is 12.0. The number of hydrogen-bond donors (Lipinski definition) is 1. The molecular formula is C16H13F3N2O2. The third-order valence-electron chi connectivity index (χ3n) is 3.55. The molecule has 3 rings (SSSR count). The molecule has 1 heterocycles. The molecule has 1 aliphatic rings. The molecule has 7 heteroatoms. The number of benzene rings is 1. The van der Waals surface area contributed by atoms with Crippen molar-refractivity contribution in [3.8, 4) is 0 Å². The number of anilines is 1. The highest BCUT2D eigenvalue weighted by Gasteiger charge is 2.30. The molecule has 23 heavy (non-hydrogen) atoms. The van der Waals surface area contributed by atoms with Gasteiger partial charge in [0.25, 0.3) is 0 Å². The second-order valence-corrected chi connectivity index (χ2v) is 5.19. The lowest BCUT2D eigenvalue weighted by Gasteiger charge is -2.16. The first-order valence-corrected chi connectivity index (χ1v) is 7.07. The Bertz CT molecular complexity index is 809. The van der Waals surface area contributed by atoms with E-state index in [9.17, 15) is 18.0 Å². The molecule has 1 N–H and O–H groups in total. The summed E-state index contributed by atoms with van der Waals surface area (Å²) in [6, 6.07) is 7.77. The summed E-state index contributed by atoms with van der Waals surface area (Å²) >= 11 is 0. The van der Waals surface area contributed by atoms with Crippen LogP contribution in [0.2, 0.25) is 0 Å². The van der Waals surface area contributed by atoms with E-state index < -0.39 is 17.4 Å². The first-order valence-electron chi connectivity index (χ1n) is 7.07. The highest BCUT2D eigenvalue weighted by molar-refractivity contribution is 6.02. The topological polar surface area (TPSA) is 54.6 Å². The maximum absolute atomic E-state index is 12.7. The van der Waals surface area contributed by atoms with Gasteiger partial charge in [0, 0.05) is 18.1 Å². The third-order valence-corrected chi connectivity index (χ3v) is 3.55. The molecule has 0 saturated heterocycles. The van der Waals surface area contributed by atoms with Crippen LogP contribution in [0.3, 0.4) is 0 Å². The molecule has 0 fully saturated rings. The van der Waals surface area contributed by atoms with Gasteiger partial charge < -0.3 is 4.42 Å². The predicted molar refractivity (Wildman–Crippen MR) is 79.5 cm³/mol. The molecule has 0 unspecified atom stereocenters. The fourth-order valence-electron chi connectivity index (χ4n) is 2.46. The van der Waals surface area contributed by atoms with Crippen LogP contribution < -0.4 is 11.1 Å². The van der Waals surface area contributed by atoms with Crippen molar-refractivity contribution < 1.29 is 17.6 Å². The van der Waals surface area contributed by atoms with Crippen LogP contribution in [0.1, 0.15) is 29.7 Å². The summed E-state index contributed by atoms with van der Waals surface area (Å²) in [6.45, 7) is 0. The van der Waals surface area contributed by atoms with Crippen LogP contribution in [0.4, 0.5) is 18.9 Å². The molecule has 0 spiro atoms. The number of alkyl halides is 3. The van der Waals surface area contributed by atoms with Gasteiger partial charge in [-0.1, -0.05) is 6.07 Å². The zero-order chi connectivity index (χ0) is 16.4. The van der Waals surface area contributed by atoms with E-state index in [2.05, 4.69) is 10.5 Å². The molecule has 2 aromatic rings. The summed E-state index contributed by atoms with van der Waals surface area (Å²) < 4.78 is 43.2. The van der Waals surface area contributed by atoms with E-state index in [1.807, 2.05) is 0 Å². The molecule has 0 bridgehead atoms. The third kappa shape index (κ3) is 3.44. The van der Waals surface area contributed by atoms with Gasteiger partial charge >= 0.3 is 11.8 Å². The van der Waals surface area contributed by atoms with Crippen molar-refractivity contribution in [3.63, 3.8) is 0 Å². The Labute approximate surface area is 129 Å². The molecule has 0 saturated carbocycles. The van der Waals surface area contributed by atoms with Crippen molar-refractivity contribution in [2.24, 2.45) is 5.10 Å². The fraction of sp³-hybridized carbons (Fsp3) is 0.250. The van der Waals surface area contributed by atoms with Crippen LogP contribution in [-0.4, -0.2) is 5.71 Å². The molecule has 0 atom stereocenters. The average Bonchev–Trinajstić information content (AvgIpc) is 2.52. The van der Waals surface area contributed by atoms with Gasteiger partial charge in [-0.25, -0.2) is 4.79 Å². The van der Waals surface area contributed by atoms with Crippen molar-refractivity contribution in [2.45, 2.75) is 25.4 Å². The molecule has 1 aromatic heterocycles. The minimum atomic E-state index is -4.40. The second-order valence-electron chi connectivity index (χ2n) is 5.19. The SMILES string of the molecule is O=c1ccc2c(o1)CCC/C2=N/Nc1cccc(C(F)(F)F)c1. The lowest BCUT2D eigenvalue weighted by atomic mass is 9.95. The van der Waals surface area contributed by atoms with Crippen LogP contribution in [-0.2, 0) is 12.6 Å². The Hall–Kier alpha value is -2.57. The lowest BCUT2D eigenvalue weighted by molar-refractivity contribution is -0.137. The molecule has 0 radical (unpaired) electrons. The molecule has 1 aromatic carbocycles. The van der Waals surface area contributed by atoms with Crippen LogP contribution in [0.15, 0.2) is 50.7 Å². The Morgan fingerprint density at radius 1 is 1.13 bits per heavy atom. The molecular weight excluding hydrogens is 309 g/mol. The predicted octanol–water partition coefficient (Wildman–Crippen LogP) is 3.81. The van der Waals surface area contributed by atoms with Crippen molar-refractivity contribution >= 4 is 11.4 Å². The van der Waals surface area contributed by atoms with Gasteiger partial charge in [0.2, 0.25) is 0 Å². The first-order chi connectivity index (χ1) is 10.9. The van der Waals surface area contributed by atoms with Crippen LogP contribution in [0, 0.1) is 0 Å². The van der Waals surface area contributed by atoms with Gasteiger partial charge in [-0.3, -0.25) is 5.43 Å². The maximum atomic E-state index is 12.7. The molecule has 1 aliphatic carbocycles. The van der Waals surface area contributed by atoms with Gasteiger partial charge in [0.05, 0.1) is 17.0 Å². The summed E-state index contributed by atoms with van der Waals surface area (Å²) in [7, 11) is 0. The van der Waals surface area contributed by atoms with Gasteiger partial charge in [0.15, 0.2) is 0 Å². The van der Waals surface area contributed by atoms with Gasteiger partial charge in [-0.05, 0) is 37.1 Å². The number of hydrazone groups is 1. The fourth-order valence-corrected chi connectivity index (χ4v) is 2.46. The smallest absolute Gasteiger partial charge is 0.416 e. The van der Waals surface area contributed by atoms with E-state index in [-0.39, 0.29) is 5.69 Å². The Morgan fingerprint density at radius 3 is 2.74 bits per heavy atom. The minimum Gasteiger partial charge on any atom is -0.427 e. The van der Waals surface area contributed by atoms with E-state index in [4.69, 9.17) is 4.42 Å². The summed E-state index contributed by atoms with van der Waals surface area (Å²) in [5, 5.41) is 4.18. The van der Waals surface area contributed by atoms with Crippen molar-refractivity contribution in [1.29, 1.82) is 0 Å². The second kappa shape index (κ2) is 5.91. The average molecular weight is 322 g/mol. The molecule has 0 aliphatic heterocycles. The molecule has 4 nitrogen and oxygen atoms in total. The number of aryl methyl sites for hydroxylation is 1. The Balaban J connectivity index is 1.86. The summed E-state index contributed by atoms with van der Waals surface area (Å²) in [6.07, 6.45) is -2.32. The van der Waals surface area contributed by atoms with E-state index in [0.717, 1.165) is 24.1 Å². The normalized spacial score (nSPS) is 16.2. The number of nitrogens with one attached hydrogen (secondary N) is 1. The maximum Gasteiger partial charge on any atom is 0.416 e. The van der Waals surface area contributed by atoms with Crippen LogP contribution in [0.25, 0.3) is 0 Å². The minimum absolute atomic E-state index is 0.247. The highest BCUT2D eigenvalue weighted by atomic mass is 19.4. The summed E-state index contributed by atoms with van der Waals surface area (Å²) in [5.74, 6) is 0.563. The van der Waals surface area contributed by atoms with E-state index in [1.54, 1.807) is 6.07 Å². The number of hydrogen-bond acceptors (Lipinski definition) is 4. The van der Waals surface area contributed by atoms with Gasteiger partial charge in [-0.15, -0.1) is 0 Å². The monoisotopic (exact) mass is 322 g/mol. The molecule has 120 valence electrons. The number of halogens is 3. The van der Waals surface area contributed by atoms with Gasteiger partial charge in [0.1, 0.15) is 5.76 Å². The van der Waals surface area contributed by atoms with E-state index in [0.29, 0.717) is 24.3 Å². The van der Waals surface area contributed by atoms with Crippen molar-refractivity contribution in [3.05, 3.63) is 63.7 Å². The Kier molecular flexibility index (Phi) is 3.94. The van der Waals surface area contributed by atoms with Crippen molar-refractivity contribution in [1.82, 2.24) is 0 Å². The summed E-state index contributed by atoms with van der Waals surface area (Å²) in [4.78, 5) is 11.2. The largest absolute Gasteiger partial charge is 0.427 e.